The molecule has 0 heterocycles. The van der Waals surface area contributed by atoms with E-state index in [1.54, 1.807) is 0 Å². The molecule has 170 valence electrons. The number of nitrogens with one attached hydrogen (secondary N) is 2. The molecule has 0 aliphatic rings. The lowest BCUT2D eigenvalue weighted by Crippen LogP contribution is -2.17. The molecule has 7 nitrogen and oxygen atoms in total. The summed E-state index contributed by atoms with van der Waals surface area (Å²) >= 11 is 11.2. The van der Waals surface area contributed by atoms with E-state index in [4.69, 9.17) is 27.9 Å². The van der Waals surface area contributed by atoms with Gasteiger partial charge in [0.1, 0.15) is 22.3 Å². The molecule has 0 unspecified atom stereocenters. The van der Waals surface area contributed by atoms with Gasteiger partial charge in [0.15, 0.2) is 0 Å². The first kappa shape index (κ1) is 24.1. The quantitative estimate of drug-likeness (QED) is 0.460. The minimum Gasteiger partial charge on any atom is -0.495 e. The third-order valence-electron chi connectivity index (χ3n) is 4.08. The van der Waals surface area contributed by atoms with Crippen molar-refractivity contribution in [2.24, 2.45) is 0 Å². The van der Waals surface area contributed by atoms with E-state index in [0.717, 1.165) is 42.5 Å². The fourth-order valence-electron chi connectivity index (χ4n) is 2.58. The predicted molar refractivity (Wildman–Crippen MR) is 117 cm³/mol. The molecule has 32 heavy (non-hydrogen) atoms. The molecule has 0 atom stereocenters. The average Bonchev–Trinajstić information content (AvgIpc) is 2.72. The molecule has 2 N–H and O–H groups in total. The largest absolute Gasteiger partial charge is 0.495 e. The van der Waals surface area contributed by atoms with Crippen LogP contribution >= 0.6 is 23.2 Å². The fraction of sp³-hybridized carbons (Fsp3) is 0.0526. The first-order valence-corrected chi connectivity index (χ1v) is 12.3. The van der Waals surface area contributed by atoms with Crippen molar-refractivity contribution < 1.29 is 30.4 Å². The first-order valence-electron chi connectivity index (χ1n) is 8.57. The summed E-state index contributed by atoms with van der Waals surface area (Å²) in [6.07, 6.45) is 0. The number of anilines is 2. The zero-order valence-corrected chi connectivity index (χ0v) is 19.2. The smallest absolute Gasteiger partial charge is 0.265 e. The van der Waals surface area contributed by atoms with Gasteiger partial charge in [0, 0.05) is 0 Å². The second-order valence-corrected chi connectivity index (χ2v) is 10.4. The molecule has 3 aromatic carbocycles. The van der Waals surface area contributed by atoms with Crippen molar-refractivity contribution in [3.8, 4) is 5.75 Å². The van der Waals surface area contributed by atoms with E-state index < -0.39 is 41.5 Å². The van der Waals surface area contributed by atoms with E-state index >= 15 is 0 Å². The number of methoxy groups -OCH3 is 1. The van der Waals surface area contributed by atoms with Crippen LogP contribution in [0.5, 0.6) is 5.75 Å². The Balaban J connectivity index is 2.00. The van der Waals surface area contributed by atoms with E-state index in [9.17, 15) is 25.6 Å². The molecule has 0 saturated heterocycles. The molecule has 0 aliphatic heterocycles. The van der Waals surface area contributed by atoms with E-state index in [0.29, 0.717) is 0 Å². The third kappa shape index (κ3) is 5.23. The maximum atomic E-state index is 13.7. The SMILES string of the molecule is COc1ccc(S(=O)(=O)Nc2ccc(Cl)c(F)c2)cc1S(=O)(=O)Nc1ccc(Cl)c(F)c1. The van der Waals surface area contributed by atoms with E-state index in [1.807, 2.05) is 0 Å². The molecular formula is C19H14Cl2F2N2O5S2. The topological polar surface area (TPSA) is 102 Å². The van der Waals surface area contributed by atoms with Crippen molar-refractivity contribution in [3.63, 3.8) is 0 Å². The number of rotatable bonds is 7. The maximum absolute atomic E-state index is 13.7. The third-order valence-corrected chi connectivity index (χ3v) is 7.47. The number of halogens is 4. The van der Waals surface area contributed by atoms with Gasteiger partial charge in [-0.3, -0.25) is 9.44 Å². The van der Waals surface area contributed by atoms with Crippen LogP contribution in [0.4, 0.5) is 20.2 Å². The van der Waals surface area contributed by atoms with Crippen LogP contribution in [0.2, 0.25) is 10.0 Å². The van der Waals surface area contributed by atoms with Gasteiger partial charge in [-0.25, -0.2) is 25.6 Å². The lowest BCUT2D eigenvalue weighted by molar-refractivity contribution is 0.402. The van der Waals surface area contributed by atoms with Crippen molar-refractivity contribution in [1.82, 2.24) is 0 Å². The second kappa shape index (κ2) is 9.10. The summed E-state index contributed by atoms with van der Waals surface area (Å²) in [5.74, 6) is -1.86. The summed E-state index contributed by atoms with van der Waals surface area (Å²) in [7, 11) is -7.54. The van der Waals surface area contributed by atoms with Crippen LogP contribution < -0.4 is 14.2 Å². The molecule has 13 heteroatoms. The minimum atomic E-state index is -4.41. The minimum absolute atomic E-state index is 0.123. The summed E-state index contributed by atoms with van der Waals surface area (Å²) in [5, 5.41) is -0.404. The Morgan fingerprint density at radius 2 is 1.25 bits per heavy atom. The fourth-order valence-corrected chi connectivity index (χ4v) is 5.21. The molecule has 0 spiro atoms. The Hall–Kier alpha value is -2.60. The van der Waals surface area contributed by atoms with Crippen LogP contribution in [0, 0.1) is 11.6 Å². The van der Waals surface area contributed by atoms with E-state index in [1.165, 1.54) is 19.2 Å². The van der Waals surface area contributed by atoms with E-state index in [2.05, 4.69) is 9.44 Å². The monoisotopic (exact) mass is 522 g/mol. The molecule has 0 aromatic heterocycles. The molecular weight excluding hydrogens is 509 g/mol. The summed E-state index contributed by atoms with van der Waals surface area (Å²) in [4.78, 5) is -0.975. The van der Waals surface area contributed by atoms with Gasteiger partial charge in [0.25, 0.3) is 20.0 Å². The maximum Gasteiger partial charge on any atom is 0.265 e. The molecule has 0 aliphatic carbocycles. The van der Waals surface area contributed by atoms with Crippen LogP contribution in [0.15, 0.2) is 64.4 Å². The van der Waals surface area contributed by atoms with Gasteiger partial charge in [0.05, 0.1) is 33.4 Å². The molecule has 0 radical (unpaired) electrons. The summed E-state index contributed by atoms with van der Waals surface area (Å²) in [6, 6.07) is 9.61. The zero-order chi connectivity index (χ0) is 23.7. The van der Waals surface area contributed by atoms with Gasteiger partial charge >= 0.3 is 0 Å². The number of sulfonamides is 2. The lowest BCUT2D eigenvalue weighted by atomic mass is 10.3. The van der Waals surface area contributed by atoms with Crippen LogP contribution in [0.25, 0.3) is 0 Å². The van der Waals surface area contributed by atoms with Gasteiger partial charge in [-0.15, -0.1) is 0 Å². The Bertz CT molecular complexity index is 1400. The van der Waals surface area contributed by atoms with Crippen LogP contribution in [-0.4, -0.2) is 23.9 Å². The van der Waals surface area contributed by atoms with Crippen molar-refractivity contribution in [2.75, 3.05) is 16.6 Å². The number of ether oxygens (including phenoxy) is 1. The lowest BCUT2D eigenvalue weighted by Gasteiger charge is -2.14. The molecule has 0 fully saturated rings. The van der Waals surface area contributed by atoms with Crippen molar-refractivity contribution in [3.05, 3.63) is 76.3 Å². The first-order chi connectivity index (χ1) is 14.9. The highest BCUT2D eigenvalue weighted by Gasteiger charge is 2.25. The van der Waals surface area contributed by atoms with Gasteiger partial charge in [-0.2, -0.15) is 0 Å². The van der Waals surface area contributed by atoms with Crippen LogP contribution in [0.1, 0.15) is 0 Å². The summed E-state index contributed by atoms with van der Waals surface area (Å²) in [6.45, 7) is 0. The summed E-state index contributed by atoms with van der Waals surface area (Å²) < 4.78 is 87.8. The van der Waals surface area contributed by atoms with Gasteiger partial charge in [-0.1, -0.05) is 23.2 Å². The Morgan fingerprint density at radius 3 is 1.72 bits per heavy atom. The van der Waals surface area contributed by atoms with Gasteiger partial charge in [0.2, 0.25) is 0 Å². The highest BCUT2D eigenvalue weighted by Crippen LogP contribution is 2.30. The van der Waals surface area contributed by atoms with Crippen LogP contribution in [-0.2, 0) is 20.0 Å². The van der Waals surface area contributed by atoms with Crippen LogP contribution in [0.3, 0.4) is 0 Å². The number of hydrogen-bond donors (Lipinski definition) is 2. The zero-order valence-electron chi connectivity index (χ0n) is 16.1. The molecule has 0 saturated carbocycles. The Morgan fingerprint density at radius 1 is 0.750 bits per heavy atom. The average molecular weight is 523 g/mol. The summed E-state index contributed by atoms with van der Waals surface area (Å²) in [5.41, 5.74) is -0.265. The molecule has 3 aromatic rings. The van der Waals surface area contributed by atoms with Crippen molar-refractivity contribution in [2.45, 2.75) is 9.79 Å². The predicted octanol–water partition coefficient (Wildman–Crippen LogP) is 4.88. The van der Waals surface area contributed by atoms with Crippen molar-refractivity contribution in [1.29, 1.82) is 0 Å². The molecule has 0 amide bonds. The molecule has 3 rings (SSSR count). The second-order valence-electron chi connectivity index (χ2n) is 6.28. The normalized spacial score (nSPS) is 11.8. The standard InChI is InChI=1S/C19H14Cl2F2N2O5S2/c1-30-18-7-4-13(31(26,27)24-11-2-5-14(20)16(22)8-11)10-19(18)32(28,29)25-12-3-6-15(21)17(23)9-12/h2-10,24-25H,1H3. The van der Waals surface area contributed by atoms with Gasteiger partial charge < -0.3 is 4.74 Å². The number of hydrogen-bond acceptors (Lipinski definition) is 5. The Kier molecular flexibility index (Phi) is 6.84. The van der Waals surface area contributed by atoms with E-state index in [-0.39, 0.29) is 27.2 Å². The number of benzene rings is 3. The van der Waals surface area contributed by atoms with Crippen molar-refractivity contribution >= 4 is 54.6 Å². The highest BCUT2D eigenvalue weighted by molar-refractivity contribution is 7.93. The van der Waals surface area contributed by atoms with Gasteiger partial charge in [-0.05, 0) is 54.6 Å². The Labute approximate surface area is 193 Å². The molecule has 0 bridgehead atoms. The highest BCUT2D eigenvalue weighted by atomic mass is 35.5.